The molecule has 12 heavy (non-hydrogen) atoms. The van der Waals surface area contributed by atoms with Crippen LogP contribution in [0.3, 0.4) is 0 Å². The van der Waals surface area contributed by atoms with Gasteiger partial charge < -0.3 is 20.2 Å². The number of thiol groups is 1. The number of rotatable bonds is 3. The maximum atomic E-state index is 10.3. The molecule has 0 amide bonds. The van der Waals surface area contributed by atoms with Gasteiger partial charge in [-0.15, -0.1) is 12.6 Å². The summed E-state index contributed by atoms with van der Waals surface area (Å²) in [7, 11) is 1.31. The molecule has 5 nitrogen and oxygen atoms in total. The molecule has 0 saturated carbocycles. The highest BCUT2D eigenvalue weighted by Crippen LogP contribution is 2.04. The number of nitrogens with zero attached hydrogens (tertiary/aromatic N) is 1. The molecule has 7 heteroatoms. The minimum atomic E-state index is -1.83. The van der Waals surface area contributed by atoms with Gasteiger partial charge in [-0.2, -0.15) is 0 Å². The molecule has 0 aromatic heterocycles. The van der Waals surface area contributed by atoms with E-state index >= 15 is 0 Å². The SMILES string of the molecule is CN(C(=S)C(O)O)C(S)C(=O)O. The Morgan fingerprint density at radius 1 is 1.58 bits per heavy atom. The molecule has 0 aromatic rings. The number of carbonyl (C=O) groups is 1. The molecule has 0 aliphatic heterocycles. The summed E-state index contributed by atoms with van der Waals surface area (Å²) < 4.78 is 0. The third kappa shape index (κ3) is 2.94. The van der Waals surface area contributed by atoms with Crippen molar-refractivity contribution in [2.45, 2.75) is 11.7 Å². The molecule has 0 saturated heterocycles. The number of aliphatic hydroxyl groups is 2. The Labute approximate surface area is 80.0 Å². The molecule has 0 rings (SSSR count). The normalized spacial score (nSPS) is 12.8. The zero-order chi connectivity index (χ0) is 9.89. The first kappa shape index (κ1) is 11.6. The first-order chi connectivity index (χ1) is 5.37. The van der Waals surface area contributed by atoms with Crippen LogP contribution in [-0.4, -0.2) is 49.9 Å². The predicted molar refractivity (Wildman–Crippen MR) is 49.0 cm³/mol. The summed E-state index contributed by atoms with van der Waals surface area (Å²) in [4.78, 5) is 11.0. The molecule has 1 atom stereocenters. The highest BCUT2D eigenvalue weighted by Gasteiger charge is 2.22. The van der Waals surface area contributed by atoms with E-state index in [-0.39, 0.29) is 4.99 Å². The van der Waals surface area contributed by atoms with Gasteiger partial charge in [-0.1, -0.05) is 12.2 Å². The quantitative estimate of drug-likeness (QED) is 0.269. The van der Waals surface area contributed by atoms with Gasteiger partial charge in [-0.3, -0.25) is 0 Å². The first-order valence-electron chi connectivity index (χ1n) is 2.91. The molecule has 0 aromatic carbocycles. The number of likely N-dealkylation sites (N-methyl/N-ethyl adjacent to an activating group) is 1. The van der Waals surface area contributed by atoms with Crippen molar-refractivity contribution in [3.63, 3.8) is 0 Å². The van der Waals surface area contributed by atoms with Gasteiger partial charge in [0.25, 0.3) is 0 Å². The molecule has 3 N–H and O–H groups in total. The molecule has 0 fully saturated rings. The van der Waals surface area contributed by atoms with Crippen molar-refractivity contribution >= 4 is 35.8 Å². The Balaban J connectivity index is 4.29. The number of carboxylic acid groups (broad SMARTS) is 1. The topological polar surface area (TPSA) is 81.0 Å². The molecule has 0 aliphatic carbocycles. The lowest BCUT2D eigenvalue weighted by atomic mass is 10.5. The summed E-state index contributed by atoms with van der Waals surface area (Å²) in [6.45, 7) is 0. The lowest BCUT2D eigenvalue weighted by molar-refractivity contribution is -0.138. The Morgan fingerprint density at radius 2 is 2.00 bits per heavy atom. The number of aliphatic carboxylic acids is 1. The molecule has 1 unspecified atom stereocenters. The maximum Gasteiger partial charge on any atom is 0.336 e. The summed E-state index contributed by atoms with van der Waals surface area (Å²) in [5.74, 6) is -1.20. The second-order valence-electron chi connectivity index (χ2n) is 2.03. The van der Waals surface area contributed by atoms with Crippen LogP contribution in [0.1, 0.15) is 0 Å². The molecule has 0 spiro atoms. The van der Waals surface area contributed by atoms with Crippen molar-refractivity contribution in [3.8, 4) is 0 Å². The van der Waals surface area contributed by atoms with Gasteiger partial charge >= 0.3 is 5.97 Å². The van der Waals surface area contributed by atoms with E-state index in [0.717, 1.165) is 4.90 Å². The summed E-state index contributed by atoms with van der Waals surface area (Å²) in [6.07, 6.45) is -1.83. The summed E-state index contributed by atoms with van der Waals surface area (Å²) in [5, 5.41) is 24.4. The van der Waals surface area contributed by atoms with E-state index in [1.54, 1.807) is 0 Å². The van der Waals surface area contributed by atoms with Crippen LogP contribution in [0.25, 0.3) is 0 Å². The molecule has 0 bridgehead atoms. The lowest BCUT2D eigenvalue weighted by Gasteiger charge is -2.23. The van der Waals surface area contributed by atoms with Crippen LogP contribution in [0.5, 0.6) is 0 Å². The Hall–Kier alpha value is -0.370. The average Bonchev–Trinajstić information content (AvgIpc) is 2.00. The molecule has 0 heterocycles. The van der Waals surface area contributed by atoms with Gasteiger partial charge in [0, 0.05) is 7.05 Å². The minimum absolute atomic E-state index is 0.280. The van der Waals surface area contributed by atoms with Crippen LogP contribution < -0.4 is 0 Å². The largest absolute Gasteiger partial charge is 0.479 e. The van der Waals surface area contributed by atoms with E-state index in [4.69, 9.17) is 15.3 Å². The Kier molecular flexibility index (Phi) is 4.46. The van der Waals surface area contributed by atoms with Gasteiger partial charge in [-0.25, -0.2) is 4.79 Å². The molecule has 0 aliphatic rings. The van der Waals surface area contributed by atoms with E-state index in [1.807, 2.05) is 0 Å². The van der Waals surface area contributed by atoms with Crippen LogP contribution in [0, 0.1) is 0 Å². The predicted octanol–water partition coefficient (Wildman–Crippen LogP) is -1.10. The van der Waals surface area contributed by atoms with Crippen LogP contribution >= 0.6 is 24.8 Å². The Morgan fingerprint density at radius 3 is 2.25 bits per heavy atom. The number of thiocarbonyl (C=S) groups is 1. The molecular formula is C5H9NO4S2. The zero-order valence-corrected chi connectivity index (χ0v) is 7.92. The molecular weight excluding hydrogens is 202 g/mol. The van der Waals surface area contributed by atoms with E-state index < -0.39 is 17.6 Å². The van der Waals surface area contributed by atoms with Crippen molar-refractivity contribution < 1.29 is 20.1 Å². The third-order valence-electron chi connectivity index (χ3n) is 1.16. The van der Waals surface area contributed by atoms with Crippen molar-refractivity contribution in [2.75, 3.05) is 7.05 Å². The van der Waals surface area contributed by atoms with Crippen LogP contribution in [0.4, 0.5) is 0 Å². The minimum Gasteiger partial charge on any atom is -0.479 e. The lowest BCUT2D eigenvalue weighted by Crippen LogP contribution is -2.42. The van der Waals surface area contributed by atoms with Crippen molar-refractivity contribution in [2.24, 2.45) is 0 Å². The smallest absolute Gasteiger partial charge is 0.336 e. The number of hydrogen-bond donors (Lipinski definition) is 4. The van der Waals surface area contributed by atoms with Gasteiger partial charge in [0.2, 0.25) is 6.29 Å². The fourth-order valence-electron chi connectivity index (χ4n) is 0.468. The van der Waals surface area contributed by atoms with Crippen molar-refractivity contribution in [3.05, 3.63) is 0 Å². The fraction of sp³-hybridized carbons (Fsp3) is 0.600. The van der Waals surface area contributed by atoms with Crippen LogP contribution in [-0.2, 0) is 4.79 Å². The van der Waals surface area contributed by atoms with Gasteiger partial charge in [0.05, 0.1) is 0 Å². The monoisotopic (exact) mass is 211 g/mol. The van der Waals surface area contributed by atoms with Crippen molar-refractivity contribution in [1.29, 1.82) is 0 Å². The molecule has 0 radical (unpaired) electrons. The van der Waals surface area contributed by atoms with E-state index in [0.29, 0.717) is 0 Å². The highest BCUT2D eigenvalue weighted by molar-refractivity contribution is 7.82. The van der Waals surface area contributed by atoms with Gasteiger partial charge in [-0.05, 0) is 0 Å². The highest BCUT2D eigenvalue weighted by atomic mass is 32.1. The third-order valence-corrected chi connectivity index (χ3v) is 2.22. The molecule has 70 valence electrons. The zero-order valence-electron chi connectivity index (χ0n) is 6.21. The van der Waals surface area contributed by atoms with Crippen LogP contribution in [0.15, 0.2) is 0 Å². The fourth-order valence-corrected chi connectivity index (χ4v) is 0.776. The van der Waals surface area contributed by atoms with Gasteiger partial charge in [0.15, 0.2) is 5.37 Å². The van der Waals surface area contributed by atoms with E-state index in [1.165, 1.54) is 7.05 Å². The standard InChI is InChI=1S/C5H9NO4S2/c1-6(2(11)4(7)8)3(12)5(9)10/h2,5,9-11H,1H3,(H,7,8). The summed E-state index contributed by atoms with van der Waals surface area (Å²) >= 11 is 8.18. The van der Waals surface area contributed by atoms with Gasteiger partial charge in [0.1, 0.15) is 4.99 Å². The Bertz CT molecular complexity index is 196. The maximum absolute atomic E-state index is 10.3. The number of aliphatic hydroxyl groups excluding tert-OH is 1. The van der Waals surface area contributed by atoms with Crippen LogP contribution in [0.2, 0.25) is 0 Å². The summed E-state index contributed by atoms with van der Waals surface area (Å²) in [6, 6.07) is 0. The van der Waals surface area contributed by atoms with E-state index in [2.05, 4.69) is 24.8 Å². The number of carboxylic acids is 1. The number of hydrogen-bond acceptors (Lipinski definition) is 5. The van der Waals surface area contributed by atoms with E-state index in [9.17, 15) is 4.79 Å². The van der Waals surface area contributed by atoms with Crippen molar-refractivity contribution in [1.82, 2.24) is 4.90 Å². The second kappa shape index (κ2) is 4.61. The summed E-state index contributed by atoms with van der Waals surface area (Å²) in [5.41, 5.74) is 0. The first-order valence-corrected chi connectivity index (χ1v) is 3.84. The average molecular weight is 211 g/mol. The second-order valence-corrected chi connectivity index (χ2v) is 2.94.